The quantitative estimate of drug-likeness (QED) is 0.627. The van der Waals surface area contributed by atoms with Gasteiger partial charge in [0.05, 0.1) is 6.61 Å². The van der Waals surface area contributed by atoms with Crippen molar-refractivity contribution < 1.29 is 27.4 Å². The van der Waals surface area contributed by atoms with Gasteiger partial charge in [-0.05, 0) is 24.6 Å². The molecule has 0 amide bonds. The first-order valence-corrected chi connectivity index (χ1v) is 5.43. The summed E-state index contributed by atoms with van der Waals surface area (Å²) in [4.78, 5) is 11.3. The highest BCUT2D eigenvalue weighted by atomic mass is 35.5. The van der Waals surface area contributed by atoms with Crippen molar-refractivity contribution in [2.24, 2.45) is 0 Å². The zero-order chi connectivity index (χ0) is 13.8. The van der Waals surface area contributed by atoms with E-state index < -0.39 is 23.5 Å². The summed E-state index contributed by atoms with van der Waals surface area (Å²) >= 11 is 5.77. The molecule has 18 heavy (non-hydrogen) atoms. The van der Waals surface area contributed by atoms with E-state index in [2.05, 4.69) is 9.47 Å². The van der Waals surface area contributed by atoms with Crippen molar-refractivity contribution in [3.8, 4) is 5.75 Å². The molecule has 3 nitrogen and oxygen atoms in total. The van der Waals surface area contributed by atoms with Crippen LogP contribution in [0.4, 0.5) is 13.2 Å². The number of hydrogen-bond donors (Lipinski definition) is 0. The topological polar surface area (TPSA) is 35.5 Å². The molecule has 0 fully saturated rings. The van der Waals surface area contributed by atoms with Crippen LogP contribution in [0.1, 0.15) is 17.9 Å². The van der Waals surface area contributed by atoms with Crippen molar-refractivity contribution in [1.82, 2.24) is 0 Å². The van der Waals surface area contributed by atoms with Crippen molar-refractivity contribution in [2.75, 3.05) is 6.61 Å². The Hall–Kier alpha value is -1.43. The smallest absolute Gasteiger partial charge is 0.465 e. The molecular formula is C11H10ClF3O3. The van der Waals surface area contributed by atoms with Gasteiger partial charge in [-0.1, -0.05) is 12.1 Å². The predicted molar refractivity (Wildman–Crippen MR) is 58.4 cm³/mol. The number of halogens is 4. The summed E-state index contributed by atoms with van der Waals surface area (Å²) < 4.78 is 44.4. The summed E-state index contributed by atoms with van der Waals surface area (Å²) in [6.45, 7) is 1.74. The minimum atomic E-state index is -4.79. The standard InChI is InChI=1S/C11H10ClF3O3/c1-2-17-10(16)9(12)7-4-3-5-8(6-7)18-11(13,14)15/h3-6,9H,2H2,1H3. The zero-order valence-corrected chi connectivity index (χ0v) is 10.1. The second-order valence-corrected chi connectivity index (χ2v) is 3.67. The first-order chi connectivity index (χ1) is 8.33. The van der Waals surface area contributed by atoms with Gasteiger partial charge >= 0.3 is 12.3 Å². The lowest BCUT2D eigenvalue weighted by Gasteiger charge is -2.12. The average Bonchev–Trinajstić information content (AvgIpc) is 2.26. The van der Waals surface area contributed by atoms with E-state index in [1.165, 1.54) is 12.1 Å². The molecule has 0 radical (unpaired) electrons. The van der Waals surface area contributed by atoms with Crippen LogP contribution >= 0.6 is 11.6 Å². The Morgan fingerprint density at radius 2 is 2.11 bits per heavy atom. The van der Waals surface area contributed by atoms with Gasteiger partial charge < -0.3 is 9.47 Å². The second-order valence-electron chi connectivity index (χ2n) is 3.23. The van der Waals surface area contributed by atoms with Crippen LogP contribution in [0.25, 0.3) is 0 Å². The minimum Gasteiger partial charge on any atom is -0.465 e. The van der Waals surface area contributed by atoms with Gasteiger partial charge in [0.2, 0.25) is 0 Å². The lowest BCUT2D eigenvalue weighted by Crippen LogP contribution is -2.17. The fourth-order valence-electron chi connectivity index (χ4n) is 1.22. The SMILES string of the molecule is CCOC(=O)C(Cl)c1cccc(OC(F)(F)F)c1. The summed E-state index contributed by atoms with van der Waals surface area (Å²) in [6, 6.07) is 4.89. The number of carbonyl (C=O) groups is 1. The van der Waals surface area contributed by atoms with Crippen LogP contribution in [0.15, 0.2) is 24.3 Å². The predicted octanol–water partition coefficient (Wildman–Crippen LogP) is 3.43. The lowest BCUT2D eigenvalue weighted by molar-refractivity contribution is -0.274. The Morgan fingerprint density at radius 1 is 1.44 bits per heavy atom. The molecule has 7 heteroatoms. The van der Waals surface area contributed by atoms with E-state index >= 15 is 0 Å². The number of esters is 1. The summed E-state index contributed by atoms with van der Waals surface area (Å²) in [7, 11) is 0. The van der Waals surface area contributed by atoms with E-state index in [9.17, 15) is 18.0 Å². The average molecular weight is 283 g/mol. The van der Waals surface area contributed by atoms with Crippen molar-refractivity contribution in [2.45, 2.75) is 18.7 Å². The number of carbonyl (C=O) groups excluding carboxylic acids is 1. The molecule has 0 aliphatic heterocycles. The van der Waals surface area contributed by atoms with E-state index in [-0.39, 0.29) is 12.2 Å². The number of ether oxygens (including phenoxy) is 2. The molecule has 0 heterocycles. The van der Waals surface area contributed by atoms with E-state index in [1.807, 2.05) is 0 Å². The summed E-state index contributed by atoms with van der Waals surface area (Å²) in [5, 5.41) is -1.17. The highest BCUT2D eigenvalue weighted by Crippen LogP contribution is 2.28. The van der Waals surface area contributed by atoms with Crippen LogP contribution in [0, 0.1) is 0 Å². The number of rotatable bonds is 4. The van der Waals surface area contributed by atoms with Gasteiger partial charge in [0.15, 0.2) is 5.38 Å². The third-order valence-electron chi connectivity index (χ3n) is 1.88. The van der Waals surface area contributed by atoms with E-state index in [0.717, 1.165) is 12.1 Å². The third kappa shape index (κ3) is 4.44. The van der Waals surface area contributed by atoms with E-state index in [4.69, 9.17) is 11.6 Å². The fourth-order valence-corrected chi connectivity index (χ4v) is 1.42. The molecule has 100 valence electrons. The normalized spacial score (nSPS) is 12.9. The molecule has 1 rings (SSSR count). The molecule has 0 saturated carbocycles. The summed E-state index contributed by atoms with van der Waals surface area (Å²) in [5.74, 6) is -1.15. The second kappa shape index (κ2) is 5.95. The highest BCUT2D eigenvalue weighted by molar-refractivity contribution is 6.29. The zero-order valence-electron chi connectivity index (χ0n) is 9.33. The Morgan fingerprint density at radius 3 is 2.67 bits per heavy atom. The van der Waals surface area contributed by atoms with Crippen LogP contribution in [0.5, 0.6) is 5.75 Å². The van der Waals surface area contributed by atoms with Gasteiger partial charge in [0.25, 0.3) is 0 Å². The van der Waals surface area contributed by atoms with Crippen LogP contribution < -0.4 is 4.74 Å². The first-order valence-electron chi connectivity index (χ1n) is 5.00. The van der Waals surface area contributed by atoms with Gasteiger partial charge in [0.1, 0.15) is 5.75 Å². The molecule has 0 bridgehead atoms. The van der Waals surface area contributed by atoms with Crippen molar-refractivity contribution in [3.05, 3.63) is 29.8 Å². The van der Waals surface area contributed by atoms with E-state index in [0.29, 0.717) is 0 Å². The molecule has 1 atom stereocenters. The Kier molecular flexibility index (Phi) is 4.84. The fraction of sp³-hybridized carbons (Fsp3) is 0.364. The molecule has 0 aromatic heterocycles. The third-order valence-corrected chi connectivity index (χ3v) is 2.31. The Bertz CT molecular complexity index is 420. The van der Waals surface area contributed by atoms with Crippen LogP contribution in [-0.4, -0.2) is 18.9 Å². The molecule has 1 unspecified atom stereocenters. The maximum Gasteiger partial charge on any atom is 0.573 e. The van der Waals surface area contributed by atoms with Gasteiger partial charge in [-0.15, -0.1) is 24.8 Å². The van der Waals surface area contributed by atoms with Gasteiger partial charge in [0, 0.05) is 0 Å². The number of alkyl halides is 4. The maximum atomic E-state index is 12.0. The van der Waals surface area contributed by atoms with E-state index in [1.54, 1.807) is 6.92 Å². The number of benzene rings is 1. The molecule has 0 spiro atoms. The monoisotopic (exact) mass is 282 g/mol. The Balaban J connectivity index is 2.84. The minimum absolute atomic E-state index is 0.140. The lowest BCUT2D eigenvalue weighted by atomic mass is 10.1. The molecule has 0 saturated heterocycles. The summed E-state index contributed by atoms with van der Waals surface area (Å²) in [5.41, 5.74) is 0.178. The molecule has 0 N–H and O–H groups in total. The van der Waals surface area contributed by atoms with Gasteiger partial charge in [-0.25, -0.2) is 0 Å². The van der Waals surface area contributed by atoms with Crippen molar-refractivity contribution in [3.63, 3.8) is 0 Å². The highest BCUT2D eigenvalue weighted by Gasteiger charge is 2.31. The van der Waals surface area contributed by atoms with Crippen LogP contribution in [0.3, 0.4) is 0 Å². The Labute approximate surface area is 106 Å². The van der Waals surface area contributed by atoms with Crippen LogP contribution in [-0.2, 0) is 9.53 Å². The van der Waals surface area contributed by atoms with Gasteiger partial charge in [-0.2, -0.15) is 0 Å². The molecule has 1 aromatic carbocycles. The van der Waals surface area contributed by atoms with Crippen molar-refractivity contribution >= 4 is 17.6 Å². The maximum absolute atomic E-state index is 12.0. The summed E-state index contributed by atoms with van der Waals surface area (Å²) in [6.07, 6.45) is -4.79. The molecule has 0 aliphatic carbocycles. The van der Waals surface area contributed by atoms with Crippen LogP contribution in [0.2, 0.25) is 0 Å². The van der Waals surface area contributed by atoms with Crippen molar-refractivity contribution in [1.29, 1.82) is 0 Å². The number of hydrogen-bond acceptors (Lipinski definition) is 3. The van der Waals surface area contributed by atoms with Gasteiger partial charge in [-0.3, -0.25) is 4.79 Å². The molecular weight excluding hydrogens is 273 g/mol. The largest absolute Gasteiger partial charge is 0.573 e. The molecule has 0 aliphatic rings. The molecule has 1 aromatic rings. The first kappa shape index (κ1) is 14.6.